The first-order valence-electron chi connectivity index (χ1n) is 4.86. The van der Waals surface area contributed by atoms with E-state index >= 15 is 0 Å². The molecule has 0 aromatic rings. The zero-order valence-electron chi connectivity index (χ0n) is 6.77. The van der Waals surface area contributed by atoms with Crippen LogP contribution in [0.15, 0.2) is 0 Å². The van der Waals surface area contributed by atoms with Gasteiger partial charge in [0.25, 0.3) is 0 Å². The lowest BCUT2D eigenvalue weighted by Crippen LogP contribution is -2.42. The van der Waals surface area contributed by atoms with Crippen molar-refractivity contribution < 1.29 is 0 Å². The highest BCUT2D eigenvalue weighted by Crippen LogP contribution is 2.74. The third kappa shape index (κ3) is 0.383. The van der Waals surface area contributed by atoms with Crippen molar-refractivity contribution in [3.05, 3.63) is 0 Å². The summed E-state index contributed by atoms with van der Waals surface area (Å²) in [6.45, 7) is 2.39. The summed E-state index contributed by atoms with van der Waals surface area (Å²) in [6, 6.07) is 0. The predicted octanol–water partition coefficient (Wildman–Crippen LogP) is 2.83. The fourth-order valence-electron chi connectivity index (χ4n) is 4.37. The van der Waals surface area contributed by atoms with Crippen molar-refractivity contribution in [3.8, 4) is 0 Å². The van der Waals surface area contributed by atoms with Crippen molar-refractivity contribution in [2.45, 2.75) is 39.0 Å². The summed E-state index contributed by atoms with van der Waals surface area (Å²) < 4.78 is 0. The average Bonchev–Trinajstić information content (AvgIpc) is 2.49. The minimum absolute atomic E-state index is 0.921. The molecular formula is C10H16. The molecule has 0 saturated heterocycles. The Bertz CT molecular complexity index is 169. The molecule has 10 heavy (non-hydrogen) atoms. The maximum Gasteiger partial charge on any atom is -0.0261 e. The number of hydrogen-bond donors (Lipinski definition) is 0. The van der Waals surface area contributed by atoms with Crippen LogP contribution in [-0.2, 0) is 0 Å². The molecule has 4 aliphatic carbocycles. The largest absolute Gasteiger partial charge is 0.0651 e. The van der Waals surface area contributed by atoms with E-state index in [1.54, 1.807) is 25.7 Å². The molecule has 0 radical (unpaired) electrons. The second kappa shape index (κ2) is 1.44. The van der Waals surface area contributed by atoms with Crippen molar-refractivity contribution in [2.75, 3.05) is 0 Å². The van der Waals surface area contributed by atoms with Crippen LogP contribution < -0.4 is 0 Å². The molecule has 0 heteroatoms. The van der Waals surface area contributed by atoms with Crippen LogP contribution in [0.1, 0.15) is 39.0 Å². The van der Waals surface area contributed by atoms with E-state index < -0.39 is 0 Å². The van der Waals surface area contributed by atoms with Crippen molar-refractivity contribution in [2.24, 2.45) is 23.2 Å². The fraction of sp³-hybridized carbons (Fsp3) is 1.00. The zero-order valence-corrected chi connectivity index (χ0v) is 6.77. The van der Waals surface area contributed by atoms with Gasteiger partial charge in [0.2, 0.25) is 0 Å². The van der Waals surface area contributed by atoms with Crippen molar-refractivity contribution in [1.29, 1.82) is 0 Å². The molecule has 4 saturated carbocycles. The van der Waals surface area contributed by atoms with Gasteiger partial charge >= 0.3 is 0 Å². The molecule has 0 aliphatic heterocycles. The van der Waals surface area contributed by atoms with E-state index in [4.69, 9.17) is 0 Å². The first-order valence-corrected chi connectivity index (χ1v) is 4.86. The standard InChI is InChI=1S/C10H16/c1-2-9-8-6-10(9)4-3-7(8)5-10/h7-9H,2-6H2,1H3. The Kier molecular flexibility index (Phi) is 0.810. The molecule has 3 bridgehead atoms. The summed E-state index contributed by atoms with van der Waals surface area (Å²) in [6.07, 6.45) is 7.89. The molecule has 4 unspecified atom stereocenters. The third-order valence-electron chi connectivity index (χ3n) is 4.67. The van der Waals surface area contributed by atoms with Crippen molar-refractivity contribution >= 4 is 0 Å². The number of hydrogen-bond acceptors (Lipinski definition) is 0. The summed E-state index contributed by atoms with van der Waals surface area (Å²) in [7, 11) is 0. The molecule has 1 spiro atoms. The third-order valence-corrected chi connectivity index (χ3v) is 4.67. The minimum Gasteiger partial charge on any atom is -0.0651 e. The van der Waals surface area contributed by atoms with Crippen LogP contribution in [0.5, 0.6) is 0 Å². The Morgan fingerprint density at radius 1 is 1.40 bits per heavy atom. The second-order valence-corrected chi connectivity index (χ2v) is 4.75. The minimum atomic E-state index is 0.921. The molecule has 0 nitrogen and oxygen atoms in total. The molecule has 4 atom stereocenters. The van der Waals surface area contributed by atoms with Crippen molar-refractivity contribution in [1.82, 2.24) is 0 Å². The quantitative estimate of drug-likeness (QED) is 0.520. The van der Waals surface area contributed by atoms with E-state index in [1.807, 2.05) is 0 Å². The lowest BCUT2D eigenvalue weighted by molar-refractivity contribution is -0.0141. The summed E-state index contributed by atoms with van der Waals surface area (Å²) in [5.74, 6) is 3.55. The van der Waals surface area contributed by atoms with Crippen LogP contribution >= 0.6 is 0 Å². The predicted molar refractivity (Wildman–Crippen MR) is 41.7 cm³/mol. The van der Waals surface area contributed by atoms with Gasteiger partial charge in [0, 0.05) is 0 Å². The SMILES string of the molecule is CCC1C2CC13CCC2C3. The normalized spacial score (nSPS) is 62.7. The van der Waals surface area contributed by atoms with Gasteiger partial charge in [-0.3, -0.25) is 0 Å². The van der Waals surface area contributed by atoms with Gasteiger partial charge in [-0.1, -0.05) is 13.3 Å². The van der Waals surface area contributed by atoms with E-state index in [1.165, 1.54) is 24.2 Å². The smallest absolute Gasteiger partial charge is 0.0261 e. The molecule has 0 amide bonds. The molecule has 4 fully saturated rings. The maximum absolute atomic E-state index is 2.39. The first kappa shape index (κ1) is 5.62. The Labute approximate surface area is 63.0 Å². The van der Waals surface area contributed by atoms with Gasteiger partial charge in [0.1, 0.15) is 0 Å². The summed E-state index contributed by atoms with van der Waals surface area (Å²) in [4.78, 5) is 0. The topological polar surface area (TPSA) is 0 Å². The van der Waals surface area contributed by atoms with Crippen LogP contribution in [0, 0.1) is 23.2 Å². The zero-order chi connectivity index (χ0) is 6.77. The van der Waals surface area contributed by atoms with E-state index in [9.17, 15) is 0 Å². The van der Waals surface area contributed by atoms with Gasteiger partial charge in [0.15, 0.2) is 0 Å². The van der Waals surface area contributed by atoms with Crippen molar-refractivity contribution in [3.63, 3.8) is 0 Å². The molecule has 0 aromatic heterocycles. The van der Waals surface area contributed by atoms with Gasteiger partial charge < -0.3 is 0 Å². The van der Waals surface area contributed by atoms with Crippen LogP contribution in [0.25, 0.3) is 0 Å². The molecule has 0 aromatic carbocycles. The van der Waals surface area contributed by atoms with E-state index in [0.717, 1.165) is 5.41 Å². The van der Waals surface area contributed by atoms with E-state index in [0.29, 0.717) is 0 Å². The molecule has 0 heterocycles. The summed E-state index contributed by atoms with van der Waals surface area (Å²) >= 11 is 0. The lowest BCUT2D eigenvalue weighted by Gasteiger charge is -2.51. The van der Waals surface area contributed by atoms with E-state index in [-0.39, 0.29) is 0 Å². The molecule has 4 aliphatic rings. The van der Waals surface area contributed by atoms with Gasteiger partial charge in [0.05, 0.1) is 0 Å². The average molecular weight is 136 g/mol. The van der Waals surface area contributed by atoms with Crippen LogP contribution in [0.2, 0.25) is 0 Å². The Balaban J connectivity index is 1.96. The van der Waals surface area contributed by atoms with Crippen LogP contribution in [0.3, 0.4) is 0 Å². The van der Waals surface area contributed by atoms with Gasteiger partial charge in [-0.25, -0.2) is 0 Å². The molecule has 0 N–H and O–H groups in total. The summed E-state index contributed by atoms with van der Waals surface area (Å²) in [5.41, 5.74) is 0.921. The van der Waals surface area contributed by atoms with E-state index in [2.05, 4.69) is 6.92 Å². The Morgan fingerprint density at radius 2 is 2.30 bits per heavy atom. The van der Waals surface area contributed by atoms with Crippen LogP contribution in [-0.4, -0.2) is 0 Å². The highest BCUT2D eigenvalue weighted by Gasteiger charge is 2.65. The molecular weight excluding hydrogens is 120 g/mol. The fourth-order valence-corrected chi connectivity index (χ4v) is 4.37. The maximum atomic E-state index is 2.39. The van der Waals surface area contributed by atoms with Gasteiger partial charge in [-0.05, 0) is 48.9 Å². The Hall–Kier alpha value is 0. The monoisotopic (exact) mass is 136 g/mol. The highest BCUT2D eigenvalue weighted by atomic mass is 14.7. The number of rotatable bonds is 1. The second-order valence-electron chi connectivity index (χ2n) is 4.75. The first-order chi connectivity index (χ1) is 4.86. The lowest BCUT2D eigenvalue weighted by atomic mass is 9.54. The highest BCUT2D eigenvalue weighted by molar-refractivity contribution is 5.15. The van der Waals surface area contributed by atoms with Gasteiger partial charge in [-0.15, -0.1) is 0 Å². The Morgan fingerprint density at radius 3 is 2.60 bits per heavy atom. The summed E-state index contributed by atoms with van der Waals surface area (Å²) in [5, 5.41) is 0. The van der Waals surface area contributed by atoms with Gasteiger partial charge in [-0.2, -0.15) is 0 Å². The van der Waals surface area contributed by atoms with Crippen LogP contribution in [0.4, 0.5) is 0 Å². The molecule has 4 rings (SSSR count). The molecule has 56 valence electrons.